The molecule has 1 N–H and O–H groups in total. The summed E-state index contributed by atoms with van der Waals surface area (Å²) in [5.41, 5.74) is 1.95. The SMILES string of the molecule is CC1(c2ccc(-c3ccc(F)cc3)cc2)OC1C(=O)O. The van der Waals surface area contributed by atoms with E-state index >= 15 is 0 Å². The molecule has 2 aromatic carbocycles. The first kappa shape index (κ1) is 12.8. The van der Waals surface area contributed by atoms with Crippen LogP contribution in [0, 0.1) is 5.82 Å². The molecule has 1 aliphatic heterocycles. The third-order valence-electron chi connectivity index (χ3n) is 3.67. The summed E-state index contributed by atoms with van der Waals surface area (Å²) in [6.45, 7) is 1.76. The number of rotatable bonds is 3. The Bertz CT molecular complexity index is 648. The minimum atomic E-state index is -0.949. The molecule has 2 unspecified atom stereocenters. The minimum absolute atomic E-state index is 0.270. The molecule has 0 aromatic heterocycles. The number of aliphatic carboxylic acids is 1. The maximum absolute atomic E-state index is 12.9. The summed E-state index contributed by atoms with van der Waals surface area (Å²) in [6.07, 6.45) is -0.779. The third-order valence-corrected chi connectivity index (χ3v) is 3.67. The molecule has 2 aromatic rings. The van der Waals surface area contributed by atoms with Gasteiger partial charge in [-0.25, -0.2) is 9.18 Å². The van der Waals surface area contributed by atoms with Gasteiger partial charge in [0, 0.05) is 0 Å². The molecule has 1 aliphatic rings. The largest absolute Gasteiger partial charge is 0.479 e. The zero-order valence-corrected chi connectivity index (χ0v) is 10.8. The molecule has 1 saturated heterocycles. The first-order valence-electron chi connectivity index (χ1n) is 6.28. The van der Waals surface area contributed by atoms with Crippen molar-refractivity contribution in [3.63, 3.8) is 0 Å². The summed E-state index contributed by atoms with van der Waals surface area (Å²) < 4.78 is 18.1. The topological polar surface area (TPSA) is 49.8 Å². The van der Waals surface area contributed by atoms with E-state index in [-0.39, 0.29) is 5.82 Å². The lowest BCUT2D eigenvalue weighted by molar-refractivity contribution is -0.138. The number of hydrogen-bond donors (Lipinski definition) is 1. The van der Waals surface area contributed by atoms with Gasteiger partial charge in [0.15, 0.2) is 6.10 Å². The number of ether oxygens (including phenoxy) is 1. The van der Waals surface area contributed by atoms with E-state index in [0.717, 1.165) is 16.7 Å². The monoisotopic (exact) mass is 272 g/mol. The molecule has 1 fully saturated rings. The molecule has 0 aliphatic carbocycles. The van der Waals surface area contributed by atoms with Gasteiger partial charge in [0.05, 0.1) is 0 Å². The van der Waals surface area contributed by atoms with Gasteiger partial charge in [-0.05, 0) is 35.7 Å². The summed E-state index contributed by atoms with van der Waals surface area (Å²) in [5, 5.41) is 8.95. The van der Waals surface area contributed by atoms with Crippen molar-refractivity contribution in [3.8, 4) is 11.1 Å². The zero-order valence-electron chi connectivity index (χ0n) is 10.8. The number of benzene rings is 2. The van der Waals surface area contributed by atoms with Crippen LogP contribution in [0.1, 0.15) is 12.5 Å². The molecule has 0 spiro atoms. The average Bonchev–Trinajstić information content (AvgIpc) is 3.14. The van der Waals surface area contributed by atoms with Gasteiger partial charge in [-0.15, -0.1) is 0 Å². The fraction of sp³-hybridized carbons (Fsp3) is 0.188. The van der Waals surface area contributed by atoms with Gasteiger partial charge in [0.1, 0.15) is 11.4 Å². The Morgan fingerprint density at radius 3 is 2.05 bits per heavy atom. The Morgan fingerprint density at radius 1 is 1.10 bits per heavy atom. The predicted octanol–water partition coefficient (Wildman–Crippen LogP) is 3.19. The number of halogens is 1. The zero-order chi connectivity index (χ0) is 14.3. The molecule has 3 nitrogen and oxygen atoms in total. The number of carbonyl (C=O) groups is 1. The van der Waals surface area contributed by atoms with Crippen molar-refractivity contribution in [3.05, 3.63) is 59.9 Å². The molecular formula is C16H13FO3. The summed E-state index contributed by atoms with van der Waals surface area (Å²) in [7, 11) is 0. The minimum Gasteiger partial charge on any atom is -0.479 e. The van der Waals surface area contributed by atoms with Crippen LogP contribution in [0.3, 0.4) is 0 Å². The standard InChI is InChI=1S/C16H13FO3/c1-16(14(20-16)15(18)19)12-6-2-10(3-7-12)11-4-8-13(17)9-5-11/h2-9,14H,1H3,(H,18,19). The molecule has 20 heavy (non-hydrogen) atoms. The Kier molecular flexibility index (Phi) is 2.83. The molecule has 0 amide bonds. The molecule has 102 valence electrons. The summed E-state index contributed by atoms with van der Waals surface area (Å²) >= 11 is 0. The van der Waals surface area contributed by atoms with E-state index in [1.54, 1.807) is 19.1 Å². The lowest BCUT2D eigenvalue weighted by Crippen LogP contribution is -2.15. The lowest BCUT2D eigenvalue weighted by atomic mass is 9.95. The van der Waals surface area contributed by atoms with E-state index < -0.39 is 17.7 Å². The van der Waals surface area contributed by atoms with Gasteiger partial charge < -0.3 is 9.84 Å². The molecule has 0 radical (unpaired) electrons. The molecule has 0 saturated carbocycles. The van der Waals surface area contributed by atoms with E-state index in [1.807, 2.05) is 24.3 Å². The van der Waals surface area contributed by atoms with Crippen molar-refractivity contribution in [2.24, 2.45) is 0 Å². The van der Waals surface area contributed by atoms with Crippen LogP contribution >= 0.6 is 0 Å². The first-order valence-corrected chi connectivity index (χ1v) is 6.28. The van der Waals surface area contributed by atoms with Crippen LogP contribution in [0.15, 0.2) is 48.5 Å². The highest BCUT2D eigenvalue weighted by atomic mass is 19.1. The number of carboxylic acid groups (broad SMARTS) is 1. The highest BCUT2D eigenvalue weighted by Crippen LogP contribution is 2.46. The maximum Gasteiger partial charge on any atom is 0.336 e. The number of carboxylic acids is 1. The Labute approximate surface area is 115 Å². The van der Waals surface area contributed by atoms with Gasteiger partial charge in [0.2, 0.25) is 0 Å². The first-order chi connectivity index (χ1) is 9.50. The smallest absolute Gasteiger partial charge is 0.336 e. The van der Waals surface area contributed by atoms with Crippen LogP contribution in [-0.2, 0) is 15.1 Å². The number of hydrogen-bond acceptors (Lipinski definition) is 2. The Morgan fingerprint density at radius 2 is 1.60 bits per heavy atom. The maximum atomic E-state index is 12.9. The van der Waals surface area contributed by atoms with Crippen molar-refractivity contribution in [1.82, 2.24) is 0 Å². The normalized spacial score (nSPS) is 24.4. The van der Waals surface area contributed by atoms with Crippen molar-refractivity contribution >= 4 is 5.97 Å². The number of epoxide rings is 1. The molecule has 3 rings (SSSR count). The second kappa shape index (κ2) is 4.42. The average molecular weight is 272 g/mol. The lowest BCUT2D eigenvalue weighted by Gasteiger charge is -2.08. The fourth-order valence-electron chi connectivity index (χ4n) is 2.35. The Balaban J connectivity index is 1.86. The van der Waals surface area contributed by atoms with E-state index in [9.17, 15) is 9.18 Å². The van der Waals surface area contributed by atoms with Gasteiger partial charge >= 0.3 is 5.97 Å². The van der Waals surface area contributed by atoms with Gasteiger partial charge in [-0.1, -0.05) is 36.4 Å². The van der Waals surface area contributed by atoms with Gasteiger partial charge in [-0.2, -0.15) is 0 Å². The highest BCUT2D eigenvalue weighted by molar-refractivity contribution is 5.78. The molecule has 4 heteroatoms. The summed E-state index contributed by atoms with van der Waals surface area (Å²) in [6, 6.07) is 13.7. The molecule has 2 atom stereocenters. The second-order valence-electron chi connectivity index (χ2n) is 5.03. The van der Waals surface area contributed by atoms with E-state index in [4.69, 9.17) is 9.84 Å². The molecule has 1 heterocycles. The fourth-order valence-corrected chi connectivity index (χ4v) is 2.35. The molecular weight excluding hydrogens is 259 g/mol. The second-order valence-corrected chi connectivity index (χ2v) is 5.03. The summed E-state index contributed by atoms with van der Waals surface area (Å²) in [5.74, 6) is -1.22. The van der Waals surface area contributed by atoms with Crippen LogP contribution in [-0.4, -0.2) is 17.2 Å². The van der Waals surface area contributed by atoms with Gasteiger partial charge in [-0.3, -0.25) is 0 Å². The summed E-state index contributed by atoms with van der Waals surface area (Å²) in [4.78, 5) is 10.9. The van der Waals surface area contributed by atoms with Crippen molar-refractivity contribution in [2.45, 2.75) is 18.6 Å². The van der Waals surface area contributed by atoms with Crippen molar-refractivity contribution in [2.75, 3.05) is 0 Å². The third kappa shape index (κ3) is 2.08. The highest BCUT2D eigenvalue weighted by Gasteiger charge is 2.58. The predicted molar refractivity (Wildman–Crippen MR) is 71.7 cm³/mol. The van der Waals surface area contributed by atoms with Crippen molar-refractivity contribution in [1.29, 1.82) is 0 Å². The Hall–Kier alpha value is -2.20. The van der Waals surface area contributed by atoms with Crippen LogP contribution in [0.4, 0.5) is 4.39 Å². The van der Waals surface area contributed by atoms with E-state index in [1.165, 1.54) is 12.1 Å². The molecule has 0 bridgehead atoms. The van der Waals surface area contributed by atoms with E-state index in [0.29, 0.717) is 0 Å². The quantitative estimate of drug-likeness (QED) is 0.873. The van der Waals surface area contributed by atoms with E-state index in [2.05, 4.69) is 0 Å². The van der Waals surface area contributed by atoms with Crippen LogP contribution in [0.5, 0.6) is 0 Å². The van der Waals surface area contributed by atoms with Crippen LogP contribution < -0.4 is 0 Å². The van der Waals surface area contributed by atoms with Crippen LogP contribution in [0.25, 0.3) is 11.1 Å². The van der Waals surface area contributed by atoms with Crippen molar-refractivity contribution < 1.29 is 19.0 Å². The van der Waals surface area contributed by atoms with Gasteiger partial charge in [0.25, 0.3) is 0 Å². The van der Waals surface area contributed by atoms with Crippen LogP contribution in [0.2, 0.25) is 0 Å².